The summed E-state index contributed by atoms with van der Waals surface area (Å²) in [6, 6.07) is 24.9. The second-order valence-electron chi connectivity index (χ2n) is 8.54. The van der Waals surface area contributed by atoms with E-state index in [9.17, 15) is 9.59 Å². The maximum Gasteiger partial charge on any atom is 0.415 e. The third-order valence-corrected chi connectivity index (χ3v) is 6.37. The minimum atomic E-state index is -0.609. The van der Waals surface area contributed by atoms with Gasteiger partial charge >= 0.3 is 6.09 Å². The number of likely N-dealkylation sites (tertiary alicyclic amines) is 1. The highest BCUT2D eigenvalue weighted by atomic mass is 35.5. The van der Waals surface area contributed by atoms with Crippen LogP contribution in [0.2, 0.25) is 5.02 Å². The van der Waals surface area contributed by atoms with Gasteiger partial charge in [-0.05, 0) is 29.8 Å². The highest BCUT2D eigenvalue weighted by Gasteiger charge is 2.50. The lowest BCUT2D eigenvalue weighted by Crippen LogP contribution is -2.39. The van der Waals surface area contributed by atoms with Gasteiger partial charge in [0, 0.05) is 41.5 Å². The van der Waals surface area contributed by atoms with Gasteiger partial charge in [-0.3, -0.25) is 14.6 Å². The predicted molar refractivity (Wildman–Crippen MR) is 130 cm³/mol. The number of nitrogens with zero attached hydrogens (tertiary/aromatic N) is 2. The van der Waals surface area contributed by atoms with Crippen LogP contribution in [-0.4, -0.2) is 48.7 Å². The number of para-hydroxylation sites is 1. The molecule has 2 amide bonds. The van der Waals surface area contributed by atoms with E-state index in [1.807, 2.05) is 71.6 Å². The van der Waals surface area contributed by atoms with Crippen molar-refractivity contribution in [2.45, 2.75) is 12.0 Å². The molecule has 33 heavy (non-hydrogen) atoms. The van der Waals surface area contributed by atoms with Crippen molar-refractivity contribution >= 4 is 35.0 Å². The number of carbonyl (C=O) groups excluding carboxylic acids is 2. The number of ether oxygens (including phenoxy) is 1. The van der Waals surface area contributed by atoms with E-state index < -0.39 is 5.60 Å². The highest BCUT2D eigenvalue weighted by Crippen LogP contribution is 2.35. The molecule has 1 atom stereocenters. The summed E-state index contributed by atoms with van der Waals surface area (Å²) in [6.45, 7) is 1.88. The van der Waals surface area contributed by atoms with Crippen LogP contribution < -0.4 is 10.2 Å². The Hall–Kier alpha value is -3.35. The van der Waals surface area contributed by atoms with Gasteiger partial charge < -0.3 is 10.1 Å². The molecular formula is C26H24ClN3O3. The summed E-state index contributed by atoms with van der Waals surface area (Å²) >= 11 is 6.09. The first-order chi connectivity index (χ1) is 16.0. The zero-order valence-corrected chi connectivity index (χ0v) is 18.8. The van der Waals surface area contributed by atoms with Crippen LogP contribution >= 0.6 is 11.6 Å². The molecule has 0 radical (unpaired) electrons. The van der Waals surface area contributed by atoms with Crippen LogP contribution in [0, 0.1) is 0 Å². The van der Waals surface area contributed by atoms with E-state index in [0.29, 0.717) is 31.1 Å². The molecule has 168 valence electrons. The Balaban J connectivity index is 1.23. The number of anilines is 2. The summed E-state index contributed by atoms with van der Waals surface area (Å²) in [6.07, 6.45) is 0.310. The molecule has 5 rings (SSSR count). The number of amides is 2. The maximum atomic E-state index is 12.9. The number of hydrogen-bond donors (Lipinski definition) is 1. The zero-order valence-electron chi connectivity index (χ0n) is 18.0. The van der Waals surface area contributed by atoms with E-state index in [4.69, 9.17) is 16.3 Å². The zero-order chi connectivity index (χ0) is 22.8. The quantitative estimate of drug-likeness (QED) is 0.577. The minimum absolute atomic E-state index is 0.0912. The monoisotopic (exact) mass is 461 g/mol. The molecule has 0 saturated carbocycles. The molecule has 2 aliphatic heterocycles. The first-order valence-corrected chi connectivity index (χ1v) is 11.3. The second-order valence-corrected chi connectivity index (χ2v) is 8.97. The molecule has 1 spiro atoms. The fourth-order valence-electron chi connectivity index (χ4n) is 4.60. The molecule has 0 aliphatic carbocycles. The van der Waals surface area contributed by atoms with Crippen LogP contribution in [0.25, 0.3) is 11.1 Å². The summed E-state index contributed by atoms with van der Waals surface area (Å²) < 4.78 is 5.79. The van der Waals surface area contributed by atoms with Crippen molar-refractivity contribution in [3.05, 3.63) is 83.9 Å². The molecule has 1 N–H and O–H groups in total. The van der Waals surface area contributed by atoms with E-state index in [2.05, 4.69) is 5.32 Å². The molecule has 2 fully saturated rings. The summed E-state index contributed by atoms with van der Waals surface area (Å²) in [5.41, 5.74) is 2.92. The van der Waals surface area contributed by atoms with E-state index in [-0.39, 0.29) is 18.5 Å². The minimum Gasteiger partial charge on any atom is -0.439 e. The number of nitrogens with one attached hydrogen (secondary N) is 1. The van der Waals surface area contributed by atoms with E-state index in [1.165, 1.54) is 0 Å². The standard InChI is InChI=1S/C26H24ClN3O3/c27-20-9-6-10-21(15-20)30-18-26(33-25(30)32)13-14-29(17-26)16-24(31)28-23-12-5-4-11-22(23)19-7-2-1-3-8-19/h1-12,15H,13-14,16-18H2,(H,28,31)/t26-/m1/s1. The van der Waals surface area contributed by atoms with Crippen molar-refractivity contribution in [2.75, 3.05) is 36.4 Å². The summed E-state index contributed by atoms with van der Waals surface area (Å²) in [7, 11) is 0. The van der Waals surface area contributed by atoms with Gasteiger partial charge in [0.25, 0.3) is 0 Å². The average molecular weight is 462 g/mol. The molecule has 0 aromatic heterocycles. The van der Waals surface area contributed by atoms with Crippen LogP contribution in [0.5, 0.6) is 0 Å². The van der Waals surface area contributed by atoms with Gasteiger partial charge in [-0.15, -0.1) is 0 Å². The molecule has 6 nitrogen and oxygen atoms in total. The summed E-state index contributed by atoms with van der Waals surface area (Å²) in [5, 5.41) is 3.62. The van der Waals surface area contributed by atoms with Gasteiger partial charge in [-0.25, -0.2) is 4.79 Å². The summed E-state index contributed by atoms with van der Waals surface area (Å²) in [4.78, 5) is 29.1. The average Bonchev–Trinajstić information content (AvgIpc) is 3.36. The van der Waals surface area contributed by atoms with Crippen LogP contribution in [0.15, 0.2) is 78.9 Å². The SMILES string of the molecule is O=C(CN1CC[C@@]2(C1)CN(c1cccc(Cl)c1)C(=O)O2)Nc1ccccc1-c1ccccc1. The van der Waals surface area contributed by atoms with Gasteiger partial charge in [0.15, 0.2) is 0 Å². The van der Waals surface area contributed by atoms with Gasteiger partial charge in [0.05, 0.1) is 13.1 Å². The number of benzene rings is 3. The number of rotatable bonds is 5. The lowest BCUT2D eigenvalue weighted by molar-refractivity contribution is -0.117. The van der Waals surface area contributed by atoms with E-state index in [1.54, 1.807) is 17.0 Å². The Kier molecular flexibility index (Phi) is 5.79. The number of carbonyl (C=O) groups is 2. The lowest BCUT2D eigenvalue weighted by atomic mass is 10.0. The molecule has 3 aromatic carbocycles. The van der Waals surface area contributed by atoms with Crippen molar-refractivity contribution in [3.8, 4) is 11.1 Å². The largest absolute Gasteiger partial charge is 0.439 e. The Morgan fingerprint density at radius 1 is 1.00 bits per heavy atom. The van der Waals surface area contributed by atoms with Gasteiger partial charge in [-0.2, -0.15) is 0 Å². The molecular weight excluding hydrogens is 438 g/mol. The van der Waals surface area contributed by atoms with Crippen LogP contribution in [0.4, 0.5) is 16.2 Å². The molecule has 0 unspecified atom stereocenters. The molecule has 3 aromatic rings. The first kappa shape index (κ1) is 21.5. The van der Waals surface area contributed by atoms with Crippen LogP contribution in [0.1, 0.15) is 6.42 Å². The van der Waals surface area contributed by atoms with Gasteiger partial charge in [0.1, 0.15) is 5.60 Å². The third kappa shape index (κ3) is 4.58. The fourth-order valence-corrected chi connectivity index (χ4v) is 4.78. The van der Waals surface area contributed by atoms with Gasteiger partial charge in [-0.1, -0.05) is 66.2 Å². The van der Waals surface area contributed by atoms with Gasteiger partial charge in [0.2, 0.25) is 5.91 Å². The smallest absolute Gasteiger partial charge is 0.415 e. The van der Waals surface area contributed by atoms with Crippen molar-refractivity contribution in [1.82, 2.24) is 4.90 Å². The normalized spacial score (nSPS) is 20.3. The molecule has 0 bridgehead atoms. The fraction of sp³-hybridized carbons (Fsp3) is 0.231. The topological polar surface area (TPSA) is 61.9 Å². The number of hydrogen-bond acceptors (Lipinski definition) is 4. The molecule has 2 saturated heterocycles. The first-order valence-electron chi connectivity index (χ1n) is 10.9. The van der Waals surface area contributed by atoms with E-state index >= 15 is 0 Å². The second kappa shape index (κ2) is 8.89. The Labute approximate surface area is 197 Å². The van der Waals surface area contributed by atoms with E-state index in [0.717, 1.165) is 22.5 Å². The summed E-state index contributed by atoms with van der Waals surface area (Å²) in [5.74, 6) is -0.0912. The maximum absolute atomic E-state index is 12.9. The van der Waals surface area contributed by atoms with Crippen molar-refractivity contribution in [1.29, 1.82) is 0 Å². The lowest BCUT2D eigenvalue weighted by Gasteiger charge is -2.22. The molecule has 2 aliphatic rings. The predicted octanol–water partition coefficient (Wildman–Crippen LogP) is 5.05. The van der Waals surface area contributed by atoms with Crippen molar-refractivity contribution in [3.63, 3.8) is 0 Å². The highest BCUT2D eigenvalue weighted by molar-refractivity contribution is 6.30. The number of halogens is 1. The Morgan fingerprint density at radius 2 is 1.79 bits per heavy atom. The third-order valence-electron chi connectivity index (χ3n) is 6.14. The van der Waals surface area contributed by atoms with Crippen molar-refractivity contribution < 1.29 is 14.3 Å². The molecule has 2 heterocycles. The Bertz CT molecular complexity index is 1190. The van der Waals surface area contributed by atoms with Crippen molar-refractivity contribution in [2.24, 2.45) is 0 Å². The molecule has 7 heteroatoms. The van der Waals surface area contributed by atoms with Crippen LogP contribution in [0.3, 0.4) is 0 Å². The van der Waals surface area contributed by atoms with Crippen LogP contribution in [-0.2, 0) is 9.53 Å². The Morgan fingerprint density at radius 3 is 2.61 bits per heavy atom.